The fourth-order valence-electron chi connectivity index (χ4n) is 3.18. The van der Waals surface area contributed by atoms with E-state index in [1.54, 1.807) is 6.92 Å². The van der Waals surface area contributed by atoms with Crippen molar-refractivity contribution in [1.29, 1.82) is 0 Å². The maximum absolute atomic E-state index is 11.8. The van der Waals surface area contributed by atoms with Crippen LogP contribution in [0.15, 0.2) is 18.2 Å². The van der Waals surface area contributed by atoms with Crippen LogP contribution < -0.4 is 16.0 Å². The summed E-state index contributed by atoms with van der Waals surface area (Å²) < 4.78 is 16.3. The summed E-state index contributed by atoms with van der Waals surface area (Å²) in [7, 11) is 0. The fraction of sp³-hybridized carbons (Fsp3) is 0.625. The number of carbonyl (C=O) groups excluding carboxylic acids is 2. The van der Waals surface area contributed by atoms with Gasteiger partial charge in [0.1, 0.15) is 12.2 Å². The number of nitro benzene ring substituents is 2. The third-order valence-corrected chi connectivity index (χ3v) is 5.37. The summed E-state index contributed by atoms with van der Waals surface area (Å²) in [5, 5.41) is 38.3. The molecule has 0 saturated heterocycles. The van der Waals surface area contributed by atoms with Crippen molar-refractivity contribution in [1.82, 2.24) is 10.6 Å². The molecule has 1 aromatic carbocycles. The second-order valence-corrected chi connectivity index (χ2v) is 8.59. The van der Waals surface area contributed by atoms with Gasteiger partial charge >= 0.3 is 5.97 Å². The molecule has 0 spiro atoms. The number of hydrogen-bond donors (Lipinski definition) is 4. The molecule has 1 atom stereocenters. The van der Waals surface area contributed by atoms with Crippen molar-refractivity contribution < 1.29 is 43.5 Å². The molecular formula is C24H37N5O11. The molecule has 16 heteroatoms. The Hall–Kier alpha value is -3.89. The number of nitro groups is 2. The molecule has 1 aromatic rings. The van der Waals surface area contributed by atoms with E-state index < -0.39 is 34.2 Å². The summed E-state index contributed by atoms with van der Waals surface area (Å²) in [4.78, 5) is 54.5. The number of aliphatic carboxylic acids is 1. The summed E-state index contributed by atoms with van der Waals surface area (Å²) in [6, 6.07) is 3.43. The molecule has 0 aliphatic heterocycles. The molecule has 4 N–H and O–H groups in total. The van der Waals surface area contributed by atoms with E-state index in [2.05, 4.69) is 16.0 Å². The number of carbonyl (C=O) groups is 3. The van der Waals surface area contributed by atoms with Gasteiger partial charge in [-0.3, -0.25) is 34.6 Å². The number of amides is 2. The van der Waals surface area contributed by atoms with Gasteiger partial charge in [0.2, 0.25) is 11.8 Å². The lowest BCUT2D eigenvalue weighted by molar-refractivity contribution is -0.393. The number of hydrogen-bond acceptors (Lipinski definition) is 11. The maximum atomic E-state index is 11.8. The number of nitrogens with one attached hydrogen (secondary N) is 3. The van der Waals surface area contributed by atoms with Crippen molar-refractivity contribution >= 4 is 34.8 Å². The fourth-order valence-corrected chi connectivity index (χ4v) is 3.18. The Morgan fingerprint density at radius 1 is 0.900 bits per heavy atom. The third kappa shape index (κ3) is 15.5. The van der Waals surface area contributed by atoms with E-state index in [0.717, 1.165) is 6.07 Å². The number of carboxylic acid groups (broad SMARTS) is 1. The number of ether oxygens (including phenoxy) is 3. The van der Waals surface area contributed by atoms with Gasteiger partial charge in [-0.25, -0.2) is 0 Å². The minimum atomic E-state index is -1.12. The molecule has 1 rings (SSSR count). The Kier molecular flexibility index (Phi) is 17.1. The smallest absolute Gasteiger partial charge is 0.322 e. The van der Waals surface area contributed by atoms with Crippen LogP contribution in [0, 0.1) is 26.1 Å². The predicted octanol–water partition coefficient (Wildman–Crippen LogP) is 1.48. The van der Waals surface area contributed by atoms with Crippen LogP contribution in [-0.4, -0.2) is 92.0 Å². The molecule has 0 saturated carbocycles. The Bertz CT molecular complexity index is 977. The van der Waals surface area contributed by atoms with E-state index in [0.29, 0.717) is 72.0 Å². The van der Waals surface area contributed by atoms with Crippen molar-refractivity contribution in [3.8, 4) is 0 Å². The zero-order valence-electron chi connectivity index (χ0n) is 22.4. The number of rotatable bonds is 23. The lowest BCUT2D eigenvalue weighted by atomic mass is 10.0. The Balaban J connectivity index is 1.95. The van der Waals surface area contributed by atoms with Gasteiger partial charge in [-0.05, 0) is 25.3 Å². The lowest BCUT2D eigenvalue weighted by Gasteiger charge is -2.11. The lowest BCUT2D eigenvalue weighted by Crippen LogP contribution is -2.34. The minimum absolute atomic E-state index is 0.164. The molecule has 0 bridgehead atoms. The molecule has 0 aromatic heterocycles. The van der Waals surface area contributed by atoms with E-state index in [9.17, 15) is 34.6 Å². The Morgan fingerprint density at radius 3 is 2.08 bits per heavy atom. The molecule has 2 amide bonds. The van der Waals surface area contributed by atoms with Gasteiger partial charge in [0.05, 0.1) is 42.3 Å². The second kappa shape index (κ2) is 20.1. The zero-order chi connectivity index (χ0) is 29.8. The van der Waals surface area contributed by atoms with E-state index in [1.807, 2.05) is 0 Å². The molecule has 0 aliphatic rings. The molecule has 16 nitrogen and oxygen atoms in total. The van der Waals surface area contributed by atoms with Crippen LogP contribution in [0.1, 0.15) is 32.6 Å². The van der Waals surface area contributed by atoms with Crippen molar-refractivity contribution in [2.24, 2.45) is 5.92 Å². The SMILES string of the molecule is C[C@@H](CCC(=O)NCCCOCCOCCOCCCNc1ccc([N+](=O)[O-])cc1[N+](=O)[O-])C(=O)NCC(=O)O. The third-order valence-electron chi connectivity index (χ3n) is 5.37. The van der Waals surface area contributed by atoms with E-state index >= 15 is 0 Å². The van der Waals surface area contributed by atoms with Crippen molar-refractivity contribution in [3.63, 3.8) is 0 Å². The van der Waals surface area contributed by atoms with Gasteiger partial charge in [0.15, 0.2) is 0 Å². The summed E-state index contributed by atoms with van der Waals surface area (Å²) in [6.07, 6.45) is 1.66. The standard InChI is InChI=1S/C24H37N5O11/c1-18(24(33)27-17-23(31)32)4-7-22(30)26-9-3-11-39-13-15-40-14-12-38-10-2-8-25-20-6-5-19(28(34)35)16-21(20)29(36)37/h5-6,16,18,25H,2-4,7-15,17H2,1H3,(H,26,30)(H,27,33)(H,31,32)/t18-/m0/s1. The second-order valence-electron chi connectivity index (χ2n) is 8.59. The maximum Gasteiger partial charge on any atom is 0.322 e. The van der Waals surface area contributed by atoms with E-state index in [1.165, 1.54) is 12.1 Å². The normalized spacial score (nSPS) is 11.4. The van der Waals surface area contributed by atoms with Gasteiger partial charge < -0.3 is 35.3 Å². The topological polar surface area (TPSA) is 222 Å². The number of carboxylic acids is 1. The first-order valence-electron chi connectivity index (χ1n) is 12.8. The number of non-ortho nitro benzene ring substituents is 1. The van der Waals surface area contributed by atoms with Crippen LogP contribution in [0.4, 0.5) is 17.1 Å². The van der Waals surface area contributed by atoms with Crippen molar-refractivity contribution in [2.75, 3.05) is 64.6 Å². The molecule has 0 radical (unpaired) electrons. The van der Waals surface area contributed by atoms with E-state index in [4.69, 9.17) is 19.3 Å². The highest BCUT2D eigenvalue weighted by molar-refractivity contribution is 5.83. The highest BCUT2D eigenvalue weighted by atomic mass is 16.6. The quantitative estimate of drug-likeness (QED) is 0.0833. The number of nitrogens with zero attached hydrogens (tertiary/aromatic N) is 2. The van der Waals surface area contributed by atoms with Gasteiger partial charge in [-0.1, -0.05) is 6.92 Å². The molecule has 224 valence electrons. The molecule has 40 heavy (non-hydrogen) atoms. The molecule has 0 aliphatic carbocycles. The average molecular weight is 572 g/mol. The van der Waals surface area contributed by atoms with Crippen LogP contribution in [0.3, 0.4) is 0 Å². The summed E-state index contributed by atoms with van der Waals surface area (Å²) in [5.41, 5.74) is -0.507. The molecule has 0 heterocycles. The van der Waals surface area contributed by atoms with Crippen LogP contribution in [0.2, 0.25) is 0 Å². The minimum Gasteiger partial charge on any atom is -0.480 e. The number of anilines is 1. The van der Waals surface area contributed by atoms with Gasteiger partial charge in [-0.2, -0.15) is 0 Å². The number of benzene rings is 1. The van der Waals surface area contributed by atoms with Crippen LogP contribution >= 0.6 is 0 Å². The first-order chi connectivity index (χ1) is 19.1. The molecule has 0 unspecified atom stereocenters. The summed E-state index contributed by atoms with van der Waals surface area (Å²) in [5.74, 6) is -2.18. The Labute approximate surface area is 231 Å². The highest BCUT2D eigenvalue weighted by Gasteiger charge is 2.19. The van der Waals surface area contributed by atoms with Crippen LogP contribution in [0.25, 0.3) is 0 Å². The van der Waals surface area contributed by atoms with E-state index in [-0.39, 0.29) is 29.4 Å². The summed E-state index contributed by atoms with van der Waals surface area (Å²) in [6.45, 7) is 4.34. The van der Waals surface area contributed by atoms with Crippen LogP contribution in [-0.2, 0) is 28.6 Å². The predicted molar refractivity (Wildman–Crippen MR) is 142 cm³/mol. The zero-order valence-corrected chi connectivity index (χ0v) is 22.4. The van der Waals surface area contributed by atoms with Crippen molar-refractivity contribution in [2.45, 2.75) is 32.6 Å². The van der Waals surface area contributed by atoms with Gasteiger partial charge in [-0.15, -0.1) is 0 Å². The first-order valence-corrected chi connectivity index (χ1v) is 12.8. The van der Waals surface area contributed by atoms with Gasteiger partial charge in [0.25, 0.3) is 11.4 Å². The summed E-state index contributed by atoms with van der Waals surface area (Å²) >= 11 is 0. The molecule has 0 fully saturated rings. The Morgan fingerprint density at radius 2 is 1.50 bits per heavy atom. The van der Waals surface area contributed by atoms with Crippen LogP contribution in [0.5, 0.6) is 0 Å². The highest BCUT2D eigenvalue weighted by Crippen LogP contribution is 2.28. The molecular weight excluding hydrogens is 534 g/mol. The monoisotopic (exact) mass is 571 g/mol. The average Bonchev–Trinajstić information content (AvgIpc) is 2.92. The van der Waals surface area contributed by atoms with Crippen molar-refractivity contribution in [3.05, 3.63) is 38.4 Å². The van der Waals surface area contributed by atoms with Gasteiger partial charge in [0, 0.05) is 44.7 Å². The largest absolute Gasteiger partial charge is 0.480 e. The first kappa shape index (κ1) is 34.1.